The van der Waals surface area contributed by atoms with Gasteiger partial charge in [0.25, 0.3) is 5.91 Å². The van der Waals surface area contributed by atoms with Crippen LogP contribution in [0.15, 0.2) is 73.1 Å². The molecule has 2 aromatic carbocycles. The van der Waals surface area contributed by atoms with Crippen molar-refractivity contribution in [2.24, 2.45) is 0 Å². The normalized spacial score (nSPS) is 10.4. The maximum Gasteiger partial charge on any atom is 0.254 e. The van der Waals surface area contributed by atoms with Gasteiger partial charge in [0.1, 0.15) is 0 Å². The summed E-state index contributed by atoms with van der Waals surface area (Å²) in [5.41, 5.74) is 4.47. The summed E-state index contributed by atoms with van der Waals surface area (Å²) in [6.45, 7) is 4.48. The van der Waals surface area contributed by atoms with Gasteiger partial charge in [-0.1, -0.05) is 30.3 Å². The smallest absolute Gasteiger partial charge is 0.254 e. The van der Waals surface area contributed by atoms with Gasteiger partial charge in [0, 0.05) is 43.7 Å². The molecule has 2 amide bonds. The largest absolute Gasteiger partial charge is 0.330 e. The van der Waals surface area contributed by atoms with Gasteiger partial charge in [-0.3, -0.25) is 14.6 Å². The van der Waals surface area contributed by atoms with Gasteiger partial charge in [0.2, 0.25) is 5.91 Å². The number of hydrogen-bond donors (Lipinski definition) is 1. The third kappa shape index (κ3) is 5.04. The van der Waals surface area contributed by atoms with Gasteiger partial charge in [-0.15, -0.1) is 0 Å². The second-order valence-electron chi connectivity index (χ2n) is 6.71. The van der Waals surface area contributed by atoms with Crippen LogP contribution in [0.1, 0.15) is 34.0 Å². The Morgan fingerprint density at radius 2 is 1.71 bits per heavy atom. The second-order valence-corrected chi connectivity index (χ2v) is 6.71. The minimum atomic E-state index is -0.142. The van der Waals surface area contributed by atoms with Crippen LogP contribution < -0.4 is 5.32 Å². The van der Waals surface area contributed by atoms with Crippen molar-refractivity contribution in [3.8, 4) is 0 Å². The number of aryl methyl sites for hydroxylation is 1. The molecular weight excluding hydrogens is 350 g/mol. The molecule has 142 valence electrons. The van der Waals surface area contributed by atoms with E-state index in [1.165, 1.54) is 6.92 Å². The van der Waals surface area contributed by atoms with Gasteiger partial charge >= 0.3 is 0 Å². The number of carbonyl (C=O) groups is 2. The van der Waals surface area contributed by atoms with Crippen LogP contribution in [0.2, 0.25) is 0 Å². The summed E-state index contributed by atoms with van der Waals surface area (Å²) < 4.78 is 0. The summed E-state index contributed by atoms with van der Waals surface area (Å²) in [6.07, 6.45) is 3.50. The van der Waals surface area contributed by atoms with Crippen LogP contribution in [0.25, 0.3) is 0 Å². The van der Waals surface area contributed by atoms with Crippen LogP contribution >= 0.6 is 0 Å². The van der Waals surface area contributed by atoms with E-state index in [2.05, 4.69) is 10.3 Å². The van der Waals surface area contributed by atoms with Crippen molar-refractivity contribution in [2.45, 2.75) is 26.9 Å². The Kier molecular flexibility index (Phi) is 6.17. The monoisotopic (exact) mass is 373 g/mol. The van der Waals surface area contributed by atoms with Crippen LogP contribution in [0, 0.1) is 6.92 Å². The molecule has 0 bridgehead atoms. The maximum absolute atomic E-state index is 13.2. The van der Waals surface area contributed by atoms with Crippen molar-refractivity contribution in [3.05, 3.63) is 95.3 Å². The molecule has 5 nitrogen and oxygen atoms in total. The van der Waals surface area contributed by atoms with E-state index < -0.39 is 0 Å². The summed E-state index contributed by atoms with van der Waals surface area (Å²) in [7, 11) is 0. The van der Waals surface area contributed by atoms with Crippen LogP contribution in [0.4, 0.5) is 5.69 Å². The number of nitrogens with zero attached hydrogens (tertiary/aromatic N) is 2. The van der Waals surface area contributed by atoms with Gasteiger partial charge < -0.3 is 10.2 Å². The zero-order valence-corrected chi connectivity index (χ0v) is 16.1. The Bertz CT molecular complexity index is 953. The van der Waals surface area contributed by atoms with Crippen LogP contribution in [0.5, 0.6) is 0 Å². The second kappa shape index (κ2) is 8.95. The highest BCUT2D eigenvalue weighted by Gasteiger charge is 2.17. The van der Waals surface area contributed by atoms with E-state index in [0.29, 0.717) is 24.3 Å². The lowest BCUT2D eigenvalue weighted by Crippen LogP contribution is -2.30. The van der Waals surface area contributed by atoms with E-state index in [1.54, 1.807) is 36.7 Å². The van der Waals surface area contributed by atoms with Crippen molar-refractivity contribution in [1.82, 2.24) is 9.88 Å². The SMILES string of the molecule is CC(=O)Nc1ccc(C(=O)N(Cc2cccnc2)Cc2ccccc2C)cc1. The molecule has 0 saturated carbocycles. The van der Waals surface area contributed by atoms with E-state index in [4.69, 9.17) is 0 Å². The highest BCUT2D eigenvalue weighted by molar-refractivity contribution is 5.95. The zero-order valence-electron chi connectivity index (χ0n) is 16.1. The van der Waals surface area contributed by atoms with E-state index in [9.17, 15) is 9.59 Å². The average molecular weight is 373 g/mol. The molecule has 0 atom stereocenters. The van der Waals surface area contributed by atoms with Crippen LogP contribution in [-0.4, -0.2) is 21.7 Å². The number of amides is 2. The molecule has 0 aliphatic carbocycles. The standard InChI is InChI=1S/C23H23N3O2/c1-17-6-3-4-8-21(17)16-26(15-19-7-5-13-24-14-19)23(28)20-9-11-22(12-10-20)25-18(2)27/h3-14H,15-16H2,1-2H3,(H,25,27). The molecule has 0 saturated heterocycles. The Hall–Kier alpha value is -3.47. The molecule has 1 aromatic heterocycles. The number of nitrogens with one attached hydrogen (secondary N) is 1. The molecule has 28 heavy (non-hydrogen) atoms. The minimum absolute atomic E-state index is 0.0681. The number of carbonyl (C=O) groups excluding carboxylic acids is 2. The van der Waals surface area contributed by atoms with Gasteiger partial charge in [-0.25, -0.2) is 0 Å². The Morgan fingerprint density at radius 3 is 2.36 bits per heavy atom. The van der Waals surface area contributed by atoms with Crippen LogP contribution in [-0.2, 0) is 17.9 Å². The number of anilines is 1. The molecule has 1 heterocycles. The lowest BCUT2D eigenvalue weighted by Gasteiger charge is -2.24. The van der Waals surface area contributed by atoms with Crippen molar-refractivity contribution in [2.75, 3.05) is 5.32 Å². The molecule has 5 heteroatoms. The summed E-state index contributed by atoms with van der Waals surface area (Å²) in [5.74, 6) is -0.210. The number of aromatic nitrogens is 1. The molecule has 1 N–H and O–H groups in total. The van der Waals surface area contributed by atoms with Crippen molar-refractivity contribution in [3.63, 3.8) is 0 Å². The lowest BCUT2D eigenvalue weighted by atomic mass is 10.1. The average Bonchev–Trinajstić information content (AvgIpc) is 2.69. The molecule has 0 spiro atoms. The van der Waals surface area contributed by atoms with Crippen molar-refractivity contribution in [1.29, 1.82) is 0 Å². The third-order valence-electron chi connectivity index (χ3n) is 4.46. The third-order valence-corrected chi connectivity index (χ3v) is 4.46. The van der Waals surface area contributed by atoms with E-state index in [1.807, 2.05) is 48.2 Å². The first-order valence-corrected chi connectivity index (χ1v) is 9.13. The molecule has 0 aliphatic heterocycles. The lowest BCUT2D eigenvalue weighted by molar-refractivity contribution is -0.114. The Labute approximate surface area is 165 Å². The predicted octanol–water partition coefficient (Wildman–Crippen LogP) is 4.19. The first-order chi connectivity index (χ1) is 13.5. The van der Waals surface area contributed by atoms with Crippen molar-refractivity contribution < 1.29 is 9.59 Å². The first-order valence-electron chi connectivity index (χ1n) is 9.13. The molecular formula is C23H23N3O2. The number of pyridine rings is 1. The quantitative estimate of drug-likeness (QED) is 0.705. The summed E-state index contributed by atoms with van der Waals surface area (Å²) >= 11 is 0. The topological polar surface area (TPSA) is 62.3 Å². The number of benzene rings is 2. The molecule has 0 aliphatic rings. The molecule has 3 aromatic rings. The fourth-order valence-corrected chi connectivity index (χ4v) is 2.99. The van der Waals surface area contributed by atoms with Gasteiger partial charge in [0.15, 0.2) is 0 Å². The van der Waals surface area contributed by atoms with Crippen molar-refractivity contribution >= 4 is 17.5 Å². The molecule has 0 fully saturated rings. The van der Waals surface area contributed by atoms with E-state index in [0.717, 1.165) is 16.7 Å². The Balaban J connectivity index is 1.85. The van der Waals surface area contributed by atoms with E-state index in [-0.39, 0.29) is 11.8 Å². The predicted molar refractivity (Wildman–Crippen MR) is 110 cm³/mol. The Morgan fingerprint density at radius 1 is 0.964 bits per heavy atom. The number of hydrogen-bond acceptors (Lipinski definition) is 3. The summed E-state index contributed by atoms with van der Waals surface area (Å²) in [4.78, 5) is 30.4. The fraction of sp³-hybridized carbons (Fsp3) is 0.174. The molecule has 0 unspecified atom stereocenters. The van der Waals surface area contributed by atoms with Crippen LogP contribution in [0.3, 0.4) is 0 Å². The number of rotatable bonds is 6. The highest BCUT2D eigenvalue weighted by atomic mass is 16.2. The maximum atomic E-state index is 13.2. The minimum Gasteiger partial charge on any atom is -0.330 e. The van der Waals surface area contributed by atoms with Gasteiger partial charge in [-0.05, 0) is 53.9 Å². The highest BCUT2D eigenvalue weighted by Crippen LogP contribution is 2.18. The zero-order chi connectivity index (χ0) is 19.9. The molecule has 0 radical (unpaired) electrons. The first kappa shape index (κ1) is 19.3. The summed E-state index contributed by atoms with van der Waals surface area (Å²) in [5, 5.41) is 2.72. The summed E-state index contributed by atoms with van der Waals surface area (Å²) in [6, 6.07) is 18.9. The van der Waals surface area contributed by atoms with E-state index >= 15 is 0 Å². The van der Waals surface area contributed by atoms with Gasteiger partial charge in [-0.2, -0.15) is 0 Å². The van der Waals surface area contributed by atoms with Gasteiger partial charge in [0.05, 0.1) is 0 Å². The fourth-order valence-electron chi connectivity index (χ4n) is 2.99. The molecule has 3 rings (SSSR count).